The number of carboxylic acid groups (broad SMARTS) is 2. The van der Waals surface area contributed by atoms with Gasteiger partial charge in [0.15, 0.2) is 0 Å². The molecule has 0 aliphatic heterocycles. The summed E-state index contributed by atoms with van der Waals surface area (Å²) >= 11 is 0. The molecule has 0 unspecified atom stereocenters. The van der Waals surface area contributed by atoms with Gasteiger partial charge in [0.05, 0.1) is 6.54 Å². The first kappa shape index (κ1) is 36.5. The minimum absolute atomic E-state index is 0.0604. The highest BCUT2D eigenvalue weighted by molar-refractivity contribution is 5.84. The van der Waals surface area contributed by atoms with Crippen LogP contribution in [0.25, 0.3) is 0 Å². The van der Waals surface area contributed by atoms with Crippen LogP contribution in [0.15, 0.2) is 60.7 Å². The molecule has 0 aliphatic rings. The number of rotatable bonds is 16. The third-order valence-corrected chi connectivity index (χ3v) is 6.75. The van der Waals surface area contributed by atoms with E-state index < -0.39 is 46.8 Å². The van der Waals surface area contributed by atoms with Crippen molar-refractivity contribution in [3.63, 3.8) is 0 Å². The number of ether oxygens (including phenoxy) is 3. The van der Waals surface area contributed by atoms with Crippen molar-refractivity contribution in [1.29, 1.82) is 0 Å². The Morgan fingerprint density at radius 1 is 0.667 bits per heavy atom. The van der Waals surface area contributed by atoms with Gasteiger partial charge in [0, 0.05) is 13.1 Å². The van der Waals surface area contributed by atoms with E-state index in [1.165, 1.54) is 18.7 Å². The third kappa shape index (κ3) is 13.3. The number of nitrogens with one attached hydrogen (secondary N) is 2. The molecule has 2 aromatic carbocycles. The fraction of sp³-hybridized carbons (Fsp3) is 0.469. The highest BCUT2D eigenvalue weighted by atomic mass is 16.6. The van der Waals surface area contributed by atoms with Crippen molar-refractivity contribution in [2.24, 2.45) is 0 Å². The van der Waals surface area contributed by atoms with E-state index in [2.05, 4.69) is 10.6 Å². The van der Waals surface area contributed by atoms with Crippen LogP contribution in [-0.4, -0.2) is 81.5 Å². The van der Waals surface area contributed by atoms with Gasteiger partial charge in [0.25, 0.3) is 0 Å². The Morgan fingerprint density at radius 3 is 1.38 bits per heavy atom. The average Bonchev–Trinajstić information content (AvgIpc) is 2.96. The van der Waals surface area contributed by atoms with Gasteiger partial charge in [-0.2, -0.15) is 0 Å². The standard InChI is InChI=1S/C32H43N3O10/c1-30(2,3)45-25(36)20-35(18-16-31(4,26(37)38)33-28(41)43-21-23-12-8-6-9-13-23)19-17-32(5,27(39)40)34-29(42)44-22-24-14-10-7-11-15-24/h6-15H,16-22H2,1-5H3,(H,33,41)(H,34,42)(H,37,38)(H,39,40)/t31-,32+. The van der Waals surface area contributed by atoms with Gasteiger partial charge in [-0.3, -0.25) is 9.69 Å². The Morgan fingerprint density at radius 2 is 1.04 bits per heavy atom. The van der Waals surface area contributed by atoms with Crippen molar-refractivity contribution in [1.82, 2.24) is 15.5 Å². The Bertz CT molecular complexity index is 1210. The summed E-state index contributed by atoms with van der Waals surface area (Å²) in [5, 5.41) is 24.7. The van der Waals surface area contributed by atoms with Crippen molar-refractivity contribution in [2.75, 3.05) is 19.6 Å². The summed E-state index contributed by atoms with van der Waals surface area (Å²) in [5.74, 6) is -3.30. The van der Waals surface area contributed by atoms with Gasteiger partial charge in [-0.25, -0.2) is 19.2 Å². The predicted molar refractivity (Wildman–Crippen MR) is 163 cm³/mol. The molecule has 2 rings (SSSR count). The zero-order valence-electron chi connectivity index (χ0n) is 26.3. The Hall–Kier alpha value is -4.65. The van der Waals surface area contributed by atoms with Gasteiger partial charge in [-0.15, -0.1) is 0 Å². The second-order valence-corrected chi connectivity index (χ2v) is 12.0. The van der Waals surface area contributed by atoms with Gasteiger partial charge in [-0.05, 0) is 58.6 Å². The average molecular weight is 630 g/mol. The smallest absolute Gasteiger partial charge is 0.408 e. The van der Waals surface area contributed by atoms with Crippen LogP contribution in [-0.2, 0) is 41.8 Å². The number of amides is 2. The van der Waals surface area contributed by atoms with E-state index in [9.17, 15) is 34.2 Å². The first-order chi connectivity index (χ1) is 21.0. The molecule has 2 aromatic rings. The molecule has 13 heteroatoms. The van der Waals surface area contributed by atoms with E-state index in [1.54, 1.807) is 81.4 Å². The van der Waals surface area contributed by atoms with Crippen molar-refractivity contribution in [3.05, 3.63) is 71.8 Å². The predicted octanol–water partition coefficient (Wildman–Crippen LogP) is 3.95. The van der Waals surface area contributed by atoms with E-state index in [4.69, 9.17) is 14.2 Å². The number of carbonyl (C=O) groups excluding carboxylic acids is 3. The molecular weight excluding hydrogens is 586 g/mol. The van der Waals surface area contributed by atoms with Crippen LogP contribution >= 0.6 is 0 Å². The molecule has 0 radical (unpaired) electrons. The molecule has 0 aliphatic carbocycles. The third-order valence-electron chi connectivity index (χ3n) is 6.75. The Balaban J connectivity index is 2.11. The molecule has 0 heterocycles. The number of carbonyl (C=O) groups is 5. The fourth-order valence-electron chi connectivity index (χ4n) is 4.00. The number of benzene rings is 2. The van der Waals surface area contributed by atoms with E-state index in [1.807, 2.05) is 0 Å². The van der Waals surface area contributed by atoms with Crippen molar-refractivity contribution < 1.29 is 48.4 Å². The summed E-state index contributed by atoms with van der Waals surface area (Å²) in [5.41, 5.74) is -2.97. The van der Waals surface area contributed by atoms with Gasteiger partial charge in [0.2, 0.25) is 0 Å². The number of alkyl carbamates (subject to hydrolysis) is 2. The van der Waals surface area contributed by atoms with Crippen LogP contribution in [0, 0.1) is 0 Å². The molecule has 2 amide bonds. The first-order valence-corrected chi connectivity index (χ1v) is 14.4. The molecule has 0 spiro atoms. The molecule has 0 fully saturated rings. The molecule has 4 N–H and O–H groups in total. The molecular formula is C32H43N3O10. The summed E-state index contributed by atoms with van der Waals surface area (Å²) in [6.45, 7) is 7.11. The van der Waals surface area contributed by atoms with Crippen molar-refractivity contribution in [2.45, 2.75) is 77.4 Å². The minimum Gasteiger partial charge on any atom is -0.480 e. The van der Waals surface area contributed by atoms with E-state index in [-0.39, 0.29) is 45.7 Å². The van der Waals surface area contributed by atoms with E-state index >= 15 is 0 Å². The van der Waals surface area contributed by atoms with Gasteiger partial charge >= 0.3 is 30.1 Å². The minimum atomic E-state index is -1.80. The monoisotopic (exact) mass is 629 g/mol. The number of esters is 1. The number of hydrogen-bond donors (Lipinski definition) is 4. The highest BCUT2D eigenvalue weighted by Gasteiger charge is 2.38. The molecule has 0 aromatic heterocycles. The maximum Gasteiger partial charge on any atom is 0.408 e. The number of aliphatic carboxylic acids is 2. The topological polar surface area (TPSA) is 181 Å². The molecule has 2 atom stereocenters. The number of carboxylic acids is 2. The zero-order valence-corrected chi connectivity index (χ0v) is 26.3. The van der Waals surface area contributed by atoms with Crippen molar-refractivity contribution >= 4 is 30.1 Å². The lowest BCUT2D eigenvalue weighted by molar-refractivity contribution is -0.156. The van der Waals surface area contributed by atoms with Gasteiger partial charge in [-0.1, -0.05) is 60.7 Å². The van der Waals surface area contributed by atoms with Gasteiger partial charge in [0.1, 0.15) is 29.9 Å². The SMILES string of the molecule is CC(C)(C)OC(=O)CN(CC[C@@](C)(NC(=O)OCc1ccccc1)C(=O)O)CC[C@](C)(NC(=O)OCc1ccccc1)C(=O)O. The van der Waals surface area contributed by atoms with Crippen LogP contribution in [0.4, 0.5) is 9.59 Å². The largest absolute Gasteiger partial charge is 0.480 e. The van der Waals surface area contributed by atoms with Crippen LogP contribution in [0.2, 0.25) is 0 Å². The molecule has 0 saturated heterocycles. The van der Waals surface area contributed by atoms with E-state index in [0.717, 1.165) is 0 Å². The summed E-state index contributed by atoms with van der Waals surface area (Å²) in [7, 11) is 0. The second kappa shape index (κ2) is 16.4. The molecule has 13 nitrogen and oxygen atoms in total. The summed E-state index contributed by atoms with van der Waals surface area (Å²) < 4.78 is 15.8. The fourth-order valence-corrected chi connectivity index (χ4v) is 4.00. The second-order valence-electron chi connectivity index (χ2n) is 12.0. The Labute approximate surface area is 262 Å². The quantitative estimate of drug-likeness (QED) is 0.156. The summed E-state index contributed by atoms with van der Waals surface area (Å²) in [4.78, 5) is 63.6. The lowest BCUT2D eigenvalue weighted by Crippen LogP contribution is -2.55. The van der Waals surface area contributed by atoms with Gasteiger partial charge < -0.3 is 35.1 Å². The maximum atomic E-state index is 12.7. The van der Waals surface area contributed by atoms with Crippen LogP contribution in [0.3, 0.4) is 0 Å². The molecule has 0 saturated carbocycles. The van der Waals surface area contributed by atoms with Crippen LogP contribution < -0.4 is 10.6 Å². The number of nitrogens with zero attached hydrogens (tertiary/aromatic N) is 1. The maximum absolute atomic E-state index is 12.7. The van der Waals surface area contributed by atoms with Crippen molar-refractivity contribution in [3.8, 4) is 0 Å². The Kier molecular flexibility index (Phi) is 13.3. The highest BCUT2D eigenvalue weighted by Crippen LogP contribution is 2.17. The molecule has 0 bridgehead atoms. The lowest BCUT2D eigenvalue weighted by atomic mass is 9.96. The summed E-state index contributed by atoms with van der Waals surface area (Å²) in [6.07, 6.45) is -2.25. The number of hydrogen-bond acceptors (Lipinski definition) is 9. The first-order valence-electron chi connectivity index (χ1n) is 14.4. The molecule has 45 heavy (non-hydrogen) atoms. The lowest BCUT2D eigenvalue weighted by Gasteiger charge is -2.32. The normalized spacial score (nSPS) is 13.9. The molecule has 246 valence electrons. The van der Waals surface area contributed by atoms with Crippen LogP contribution in [0.5, 0.6) is 0 Å². The zero-order chi connectivity index (χ0) is 33.7. The summed E-state index contributed by atoms with van der Waals surface area (Å²) in [6, 6.07) is 17.7. The van der Waals surface area contributed by atoms with Crippen LogP contribution in [0.1, 0.15) is 58.6 Å². The van der Waals surface area contributed by atoms with E-state index in [0.29, 0.717) is 11.1 Å².